The molecule has 2 aromatic carbocycles. The largest absolute Gasteiger partial charge is 0.269 e. The lowest BCUT2D eigenvalue weighted by Gasteiger charge is -2.05. The molecule has 9 nitrogen and oxygen atoms in total. The Morgan fingerprint density at radius 2 is 1.89 bits per heavy atom. The molecule has 0 bridgehead atoms. The van der Waals surface area contributed by atoms with E-state index in [-0.39, 0.29) is 5.69 Å². The van der Waals surface area contributed by atoms with Gasteiger partial charge in [-0.25, -0.2) is 4.68 Å². The Bertz CT molecular complexity index is 1160. The normalized spacial score (nSPS) is 10.9. The molecule has 0 aliphatic carbocycles. The smallest absolute Gasteiger partial charge is 0.258 e. The van der Waals surface area contributed by atoms with Crippen LogP contribution >= 0.6 is 27.5 Å². The summed E-state index contributed by atoms with van der Waals surface area (Å²) >= 11 is 9.76. The fourth-order valence-electron chi connectivity index (χ4n) is 2.58. The van der Waals surface area contributed by atoms with Gasteiger partial charge in [0.1, 0.15) is 4.60 Å². The van der Waals surface area contributed by atoms with Gasteiger partial charge in [0.15, 0.2) is 0 Å². The highest BCUT2D eigenvalue weighted by Gasteiger charge is 2.17. The molecule has 0 unspecified atom stereocenters. The van der Waals surface area contributed by atoms with Gasteiger partial charge >= 0.3 is 0 Å². The molecule has 0 radical (unpaired) electrons. The molecule has 4 aromatic rings. The molecule has 0 fully saturated rings. The lowest BCUT2D eigenvalue weighted by Crippen LogP contribution is -2.04. The second-order valence-corrected chi connectivity index (χ2v) is 6.94. The standard InChI is InChI=1S/C17H11BrClN7O2/c18-16-13(9-20-25(16)15-4-2-1-3-14(15)19)17-21-23-24(22-17)10-11-5-7-12(8-6-11)26(27)28/h1-9H,10H2. The number of hydrogen-bond donors (Lipinski definition) is 0. The first-order chi connectivity index (χ1) is 13.5. The third-order valence-electron chi connectivity index (χ3n) is 3.96. The van der Waals surface area contributed by atoms with Gasteiger partial charge < -0.3 is 0 Å². The van der Waals surface area contributed by atoms with Crippen molar-refractivity contribution in [2.75, 3.05) is 0 Å². The van der Waals surface area contributed by atoms with Gasteiger partial charge in [-0.3, -0.25) is 10.1 Å². The highest BCUT2D eigenvalue weighted by molar-refractivity contribution is 9.10. The average molecular weight is 461 g/mol. The minimum Gasteiger partial charge on any atom is -0.258 e. The zero-order chi connectivity index (χ0) is 19.7. The van der Waals surface area contributed by atoms with Crippen molar-refractivity contribution in [1.29, 1.82) is 0 Å². The van der Waals surface area contributed by atoms with E-state index in [1.54, 1.807) is 29.1 Å². The Morgan fingerprint density at radius 1 is 1.14 bits per heavy atom. The summed E-state index contributed by atoms with van der Waals surface area (Å²) in [6, 6.07) is 13.5. The van der Waals surface area contributed by atoms with E-state index in [0.717, 1.165) is 11.3 Å². The van der Waals surface area contributed by atoms with Gasteiger partial charge in [0.2, 0.25) is 5.82 Å². The predicted octanol–water partition coefficient (Wildman–Crippen LogP) is 3.90. The number of non-ortho nitro benzene ring substituents is 1. The number of nitro benzene ring substituents is 1. The molecule has 4 rings (SSSR count). The summed E-state index contributed by atoms with van der Waals surface area (Å²) in [6.07, 6.45) is 1.63. The molecule has 0 aliphatic heterocycles. The van der Waals surface area contributed by atoms with E-state index in [0.29, 0.717) is 27.6 Å². The Morgan fingerprint density at radius 3 is 2.61 bits per heavy atom. The highest BCUT2D eigenvalue weighted by atomic mass is 79.9. The number of nitro groups is 1. The van der Waals surface area contributed by atoms with Gasteiger partial charge in [0.25, 0.3) is 5.69 Å². The van der Waals surface area contributed by atoms with Gasteiger partial charge in [-0.15, -0.1) is 10.2 Å². The molecule has 0 atom stereocenters. The summed E-state index contributed by atoms with van der Waals surface area (Å²) in [6.45, 7) is 0.335. The van der Waals surface area contributed by atoms with E-state index in [9.17, 15) is 10.1 Å². The minimum absolute atomic E-state index is 0.0342. The minimum atomic E-state index is -0.441. The maximum atomic E-state index is 10.7. The zero-order valence-electron chi connectivity index (χ0n) is 14.1. The molecule has 2 heterocycles. The van der Waals surface area contributed by atoms with Crippen LogP contribution in [0.15, 0.2) is 59.3 Å². The van der Waals surface area contributed by atoms with E-state index in [2.05, 4.69) is 36.4 Å². The zero-order valence-corrected chi connectivity index (χ0v) is 16.4. The van der Waals surface area contributed by atoms with E-state index in [1.807, 2.05) is 18.2 Å². The van der Waals surface area contributed by atoms with Crippen LogP contribution in [0.2, 0.25) is 5.02 Å². The van der Waals surface area contributed by atoms with Gasteiger partial charge in [-0.05, 0) is 38.8 Å². The number of halogens is 2. The molecule has 11 heteroatoms. The quantitative estimate of drug-likeness (QED) is 0.330. The topological polar surface area (TPSA) is 105 Å². The highest BCUT2D eigenvalue weighted by Crippen LogP contribution is 2.30. The van der Waals surface area contributed by atoms with Crippen molar-refractivity contribution in [3.63, 3.8) is 0 Å². The summed E-state index contributed by atoms with van der Waals surface area (Å²) in [5.74, 6) is 0.395. The summed E-state index contributed by atoms with van der Waals surface area (Å²) in [4.78, 5) is 11.7. The first kappa shape index (κ1) is 18.3. The Labute approximate surface area is 171 Å². The molecule has 2 aromatic heterocycles. The SMILES string of the molecule is O=[N+]([O-])c1ccc(Cn2nnc(-c3cnn(-c4ccccc4Cl)c3Br)n2)cc1. The molecule has 0 aliphatic rings. The van der Waals surface area contributed by atoms with E-state index in [4.69, 9.17) is 11.6 Å². The molecule has 0 N–H and O–H groups in total. The third-order valence-corrected chi connectivity index (χ3v) is 5.04. The van der Waals surface area contributed by atoms with Crippen molar-refractivity contribution in [1.82, 2.24) is 30.0 Å². The molecule has 0 amide bonds. The van der Waals surface area contributed by atoms with E-state index in [1.165, 1.54) is 16.9 Å². The summed E-state index contributed by atoms with van der Waals surface area (Å²) in [5.41, 5.74) is 2.24. The lowest BCUT2D eigenvalue weighted by atomic mass is 10.2. The van der Waals surface area contributed by atoms with Crippen LogP contribution in [-0.2, 0) is 6.54 Å². The predicted molar refractivity (Wildman–Crippen MR) is 105 cm³/mol. The van der Waals surface area contributed by atoms with Crippen molar-refractivity contribution < 1.29 is 4.92 Å². The fraction of sp³-hybridized carbons (Fsp3) is 0.0588. The third kappa shape index (κ3) is 3.51. The van der Waals surface area contributed by atoms with Crippen molar-refractivity contribution in [2.24, 2.45) is 0 Å². The molecular formula is C17H11BrClN7O2. The van der Waals surface area contributed by atoms with Crippen molar-refractivity contribution in [2.45, 2.75) is 6.54 Å². The van der Waals surface area contributed by atoms with Crippen LogP contribution in [0.3, 0.4) is 0 Å². The number of hydrogen-bond acceptors (Lipinski definition) is 6. The number of rotatable bonds is 5. The van der Waals surface area contributed by atoms with Crippen molar-refractivity contribution in [3.8, 4) is 17.1 Å². The van der Waals surface area contributed by atoms with Crippen LogP contribution in [0, 0.1) is 10.1 Å². The van der Waals surface area contributed by atoms with Gasteiger partial charge in [-0.2, -0.15) is 9.90 Å². The van der Waals surface area contributed by atoms with E-state index >= 15 is 0 Å². The first-order valence-corrected chi connectivity index (χ1v) is 9.20. The maximum Gasteiger partial charge on any atom is 0.269 e. The van der Waals surface area contributed by atoms with E-state index < -0.39 is 4.92 Å². The number of para-hydroxylation sites is 1. The summed E-state index contributed by atoms with van der Waals surface area (Å²) in [5, 5.41) is 28.1. The van der Waals surface area contributed by atoms with Crippen LogP contribution < -0.4 is 0 Å². The summed E-state index contributed by atoms with van der Waals surface area (Å²) < 4.78 is 2.30. The molecule has 140 valence electrons. The van der Waals surface area contributed by atoms with Crippen LogP contribution in [0.4, 0.5) is 5.69 Å². The lowest BCUT2D eigenvalue weighted by molar-refractivity contribution is -0.384. The second kappa shape index (κ2) is 7.49. The average Bonchev–Trinajstić information content (AvgIpc) is 3.29. The Balaban J connectivity index is 1.58. The van der Waals surface area contributed by atoms with Crippen LogP contribution in [0.25, 0.3) is 17.1 Å². The second-order valence-electron chi connectivity index (χ2n) is 5.78. The molecular weight excluding hydrogens is 450 g/mol. The number of aromatic nitrogens is 6. The molecule has 0 spiro atoms. The number of tetrazole rings is 1. The van der Waals surface area contributed by atoms with Crippen LogP contribution in [0.1, 0.15) is 5.56 Å². The van der Waals surface area contributed by atoms with Gasteiger partial charge in [0.05, 0.1) is 33.9 Å². The molecule has 0 saturated carbocycles. The van der Waals surface area contributed by atoms with Crippen molar-refractivity contribution in [3.05, 3.63) is 80.0 Å². The number of benzene rings is 2. The summed E-state index contributed by atoms with van der Waals surface area (Å²) in [7, 11) is 0. The monoisotopic (exact) mass is 459 g/mol. The fourth-order valence-corrected chi connectivity index (χ4v) is 3.36. The number of nitrogens with zero attached hydrogens (tertiary/aromatic N) is 7. The maximum absolute atomic E-state index is 10.7. The van der Waals surface area contributed by atoms with Crippen LogP contribution in [0.5, 0.6) is 0 Å². The first-order valence-electron chi connectivity index (χ1n) is 8.03. The van der Waals surface area contributed by atoms with Crippen molar-refractivity contribution >= 4 is 33.2 Å². The Hall–Kier alpha value is -3.11. The van der Waals surface area contributed by atoms with Crippen LogP contribution in [-0.4, -0.2) is 34.9 Å². The molecule has 28 heavy (non-hydrogen) atoms. The van der Waals surface area contributed by atoms with Gasteiger partial charge in [-0.1, -0.05) is 35.9 Å². The molecule has 0 saturated heterocycles. The Kier molecular flexibility index (Phi) is 4.88. The van der Waals surface area contributed by atoms with Gasteiger partial charge in [0, 0.05) is 12.1 Å².